The van der Waals surface area contributed by atoms with Gasteiger partial charge in [-0.3, -0.25) is 4.79 Å². The molecule has 0 aromatic heterocycles. The third kappa shape index (κ3) is 8.89. The highest BCUT2D eigenvalue weighted by Gasteiger charge is 2.38. The Hall–Kier alpha value is -3.21. The highest BCUT2D eigenvalue weighted by Crippen LogP contribution is 2.42. The van der Waals surface area contributed by atoms with Crippen molar-refractivity contribution in [2.24, 2.45) is 5.92 Å². The van der Waals surface area contributed by atoms with Crippen LogP contribution in [0.3, 0.4) is 0 Å². The Labute approximate surface area is 251 Å². The minimum Gasteiger partial charge on any atom is -0.396 e. The minimum absolute atomic E-state index is 0.0125. The molecule has 0 saturated carbocycles. The number of ether oxygens (including phenoxy) is 2. The average Bonchev–Trinajstić information content (AvgIpc) is 3.01. The topological polar surface area (TPSA) is 117 Å². The summed E-state index contributed by atoms with van der Waals surface area (Å²) in [6.07, 6.45) is -0.433. The summed E-state index contributed by atoms with van der Waals surface area (Å²) in [5, 5.41) is 24.3. The van der Waals surface area contributed by atoms with Crippen molar-refractivity contribution < 1.29 is 29.3 Å². The molecule has 1 fully saturated rings. The van der Waals surface area contributed by atoms with Crippen molar-refractivity contribution in [1.82, 2.24) is 10.6 Å². The van der Waals surface area contributed by atoms with E-state index in [1.54, 1.807) is 11.8 Å². The molecule has 2 amide bonds. The van der Waals surface area contributed by atoms with Crippen LogP contribution in [-0.2, 0) is 33.8 Å². The minimum atomic E-state index is -0.603. The van der Waals surface area contributed by atoms with Crippen LogP contribution in [0.1, 0.15) is 54.1 Å². The van der Waals surface area contributed by atoms with E-state index >= 15 is 0 Å². The van der Waals surface area contributed by atoms with Crippen molar-refractivity contribution in [1.29, 1.82) is 0 Å². The molecule has 9 heteroatoms. The summed E-state index contributed by atoms with van der Waals surface area (Å²) < 4.78 is 12.9. The number of hydrogen-bond acceptors (Lipinski definition) is 7. The van der Waals surface area contributed by atoms with Crippen LogP contribution < -0.4 is 10.6 Å². The molecule has 8 nitrogen and oxygen atoms in total. The van der Waals surface area contributed by atoms with Gasteiger partial charge in [0, 0.05) is 29.5 Å². The Kier molecular flexibility index (Phi) is 12.0. The number of aliphatic hydroxyl groups is 2. The van der Waals surface area contributed by atoms with Crippen molar-refractivity contribution in [3.63, 3.8) is 0 Å². The molecule has 1 aliphatic rings. The van der Waals surface area contributed by atoms with E-state index in [4.69, 9.17) is 9.47 Å². The zero-order valence-corrected chi connectivity index (χ0v) is 24.9. The van der Waals surface area contributed by atoms with Crippen molar-refractivity contribution in [2.75, 3.05) is 18.1 Å². The Bertz CT molecular complexity index is 1270. The number of carbonyl (C=O) groups excluding carboxylic acids is 2. The smallest absolute Gasteiger partial charge is 0.315 e. The van der Waals surface area contributed by atoms with Crippen LogP contribution in [0.4, 0.5) is 4.79 Å². The maximum Gasteiger partial charge on any atom is 0.315 e. The predicted octanol–water partition coefficient (Wildman–Crippen LogP) is 4.70. The second-order valence-electron chi connectivity index (χ2n) is 10.5. The van der Waals surface area contributed by atoms with E-state index < -0.39 is 18.4 Å². The summed E-state index contributed by atoms with van der Waals surface area (Å²) in [6.45, 7) is 4.00. The fraction of sp³-hybridized carbons (Fsp3) is 0.394. The van der Waals surface area contributed by atoms with E-state index in [9.17, 15) is 19.8 Å². The van der Waals surface area contributed by atoms with Crippen LogP contribution in [-0.4, -0.2) is 52.3 Å². The van der Waals surface area contributed by atoms with Gasteiger partial charge in [0.1, 0.15) is 0 Å². The van der Waals surface area contributed by atoms with Gasteiger partial charge in [-0.1, -0.05) is 85.8 Å². The van der Waals surface area contributed by atoms with E-state index in [0.29, 0.717) is 18.7 Å². The second kappa shape index (κ2) is 15.9. The molecule has 4 rings (SSSR count). The first-order chi connectivity index (χ1) is 20.4. The molecule has 0 radical (unpaired) electrons. The molecule has 3 aromatic carbocycles. The van der Waals surface area contributed by atoms with Crippen LogP contribution in [0.25, 0.3) is 0 Å². The first-order valence-electron chi connectivity index (χ1n) is 14.2. The fourth-order valence-electron chi connectivity index (χ4n) is 4.90. The molecule has 1 aliphatic heterocycles. The molecule has 1 saturated heterocycles. The molecular formula is C33H40N2O6S. The summed E-state index contributed by atoms with van der Waals surface area (Å²) >= 11 is 1.65. The van der Waals surface area contributed by atoms with Crippen molar-refractivity contribution >= 4 is 23.6 Å². The maximum atomic E-state index is 12.6. The number of carbonyl (C=O) groups is 2. The SMILES string of the molecule is CC(=O)[C@@H](Cc1ccccc1)NC(=O)NCc1ccc(C2O[C@H](CSCCO)[C@H](C)[C@H](c3ccc(CO)cc3)O2)cc1. The van der Waals surface area contributed by atoms with Crippen molar-refractivity contribution in [2.45, 2.75) is 58.0 Å². The number of urea groups is 1. The molecule has 0 aliphatic carbocycles. The molecule has 3 aromatic rings. The van der Waals surface area contributed by atoms with Gasteiger partial charge in [0.2, 0.25) is 0 Å². The third-order valence-electron chi connectivity index (χ3n) is 7.42. The quantitative estimate of drug-likeness (QED) is 0.213. The van der Waals surface area contributed by atoms with Gasteiger partial charge in [-0.15, -0.1) is 0 Å². The van der Waals surface area contributed by atoms with E-state index in [-0.39, 0.29) is 37.1 Å². The number of thioether (sulfide) groups is 1. The van der Waals surface area contributed by atoms with Gasteiger partial charge in [0.05, 0.1) is 31.5 Å². The van der Waals surface area contributed by atoms with Crippen LogP contribution >= 0.6 is 11.8 Å². The molecule has 224 valence electrons. The summed E-state index contributed by atoms with van der Waals surface area (Å²) in [7, 11) is 0. The number of rotatable bonds is 13. The molecule has 0 bridgehead atoms. The van der Waals surface area contributed by atoms with Crippen LogP contribution in [0.15, 0.2) is 78.9 Å². The third-order valence-corrected chi connectivity index (χ3v) is 8.46. The summed E-state index contributed by atoms with van der Waals surface area (Å²) in [5.74, 6) is 1.35. The molecule has 1 unspecified atom stereocenters. The summed E-state index contributed by atoms with van der Waals surface area (Å²) in [6, 6.07) is 24.1. The summed E-state index contributed by atoms with van der Waals surface area (Å²) in [5.41, 5.74) is 4.60. The maximum absolute atomic E-state index is 12.6. The Morgan fingerprint density at radius 1 is 0.881 bits per heavy atom. The lowest BCUT2D eigenvalue weighted by molar-refractivity contribution is -0.268. The molecule has 4 N–H and O–H groups in total. The van der Waals surface area contributed by atoms with E-state index in [2.05, 4.69) is 17.6 Å². The fourth-order valence-corrected chi connectivity index (χ4v) is 5.81. The van der Waals surface area contributed by atoms with Gasteiger partial charge in [-0.05, 0) is 35.6 Å². The molecular weight excluding hydrogens is 552 g/mol. The van der Waals surface area contributed by atoms with Crippen molar-refractivity contribution in [3.8, 4) is 0 Å². The number of hydrogen-bond donors (Lipinski definition) is 4. The molecule has 42 heavy (non-hydrogen) atoms. The Morgan fingerprint density at radius 3 is 2.19 bits per heavy atom. The second-order valence-corrected chi connectivity index (χ2v) is 11.7. The van der Waals surface area contributed by atoms with Gasteiger partial charge in [-0.25, -0.2) is 4.79 Å². The number of aliphatic hydroxyl groups excluding tert-OH is 2. The van der Waals surface area contributed by atoms with E-state index in [1.165, 1.54) is 6.92 Å². The molecule has 0 spiro atoms. The highest BCUT2D eigenvalue weighted by molar-refractivity contribution is 7.99. The number of amides is 2. The summed E-state index contributed by atoms with van der Waals surface area (Å²) in [4.78, 5) is 24.7. The number of ketones is 1. The van der Waals surface area contributed by atoms with Gasteiger partial charge < -0.3 is 30.3 Å². The van der Waals surface area contributed by atoms with Crippen LogP contribution in [0.5, 0.6) is 0 Å². The van der Waals surface area contributed by atoms with Crippen LogP contribution in [0.2, 0.25) is 0 Å². The molecule has 1 heterocycles. The normalized spacial score (nSPS) is 21.0. The zero-order chi connectivity index (χ0) is 29.9. The lowest BCUT2D eigenvalue weighted by Crippen LogP contribution is -2.46. The van der Waals surface area contributed by atoms with E-state index in [1.807, 2.05) is 78.9 Å². The predicted molar refractivity (Wildman–Crippen MR) is 164 cm³/mol. The standard InChI is InChI=1S/C33H40N2O6S/c1-22-30(21-42-17-16-36)40-32(41-31(22)27-12-10-26(20-37)11-13-27)28-14-8-25(9-15-28)19-34-33(39)35-29(23(2)38)18-24-6-4-3-5-7-24/h3-15,22,29-32,36-37H,16-21H2,1-2H3,(H2,34,35,39)/t22-,29+,30+,31+,32?/m0/s1. The van der Waals surface area contributed by atoms with Gasteiger partial charge in [0.25, 0.3) is 0 Å². The molecule has 5 atom stereocenters. The number of nitrogens with one attached hydrogen (secondary N) is 2. The largest absolute Gasteiger partial charge is 0.396 e. The highest BCUT2D eigenvalue weighted by atomic mass is 32.2. The average molecular weight is 593 g/mol. The lowest BCUT2D eigenvalue weighted by Gasteiger charge is -2.41. The van der Waals surface area contributed by atoms with Crippen LogP contribution in [0, 0.1) is 5.92 Å². The Balaban J connectivity index is 1.38. The van der Waals surface area contributed by atoms with Crippen molar-refractivity contribution in [3.05, 3.63) is 107 Å². The van der Waals surface area contributed by atoms with Gasteiger partial charge >= 0.3 is 6.03 Å². The first kappa shape index (κ1) is 31.7. The zero-order valence-electron chi connectivity index (χ0n) is 24.1. The number of Topliss-reactive ketones (excluding diaryl/α,β-unsaturated/α-hetero) is 1. The van der Waals surface area contributed by atoms with Gasteiger partial charge in [-0.2, -0.15) is 11.8 Å². The monoisotopic (exact) mass is 592 g/mol. The Morgan fingerprint density at radius 2 is 1.55 bits per heavy atom. The van der Waals surface area contributed by atoms with Gasteiger partial charge in [0.15, 0.2) is 12.1 Å². The first-order valence-corrected chi connectivity index (χ1v) is 15.4. The van der Waals surface area contributed by atoms with E-state index in [0.717, 1.165) is 33.6 Å². The lowest BCUT2D eigenvalue weighted by atomic mass is 9.91. The number of benzene rings is 3.